The van der Waals surface area contributed by atoms with E-state index in [0.717, 1.165) is 28.2 Å². The molecule has 2 aromatic carbocycles. The third-order valence-corrected chi connectivity index (χ3v) is 6.95. The maximum absolute atomic E-state index is 13.4. The number of fused-ring (bicyclic) bond motifs is 1. The van der Waals surface area contributed by atoms with Crippen molar-refractivity contribution in [2.75, 3.05) is 18.1 Å². The van der Waals surface area contributed by atoms with Gasteiger partial charge in [0.05, 0.1) is 39.0 Å². The monoisotopic (exact) mass is 522 g/mol. The van der Waals surface area contributed by atoms with E-state index in [1.807, 2.05) is 0 Å². The highest BCUT2D eigenvalue weighted by Gasteiger charge is 2.38. The number of halogens is 7. The molecule has 0 N–H and O–H groups in total. The van der Waals surface area contributed by atoms with Gasteiger partial charge >= 0.3 is 12.4 Å². The number of hydrogen-bond donors (Lipinski definition) is 0. The maximum atomic E-state index is 13.4. The second-order valence-corrected chi connectivity index (χ2v) is 9.27. The molecular formula is C22H17ClF6N2O2S. The van der Waals surface area contributed by atoms with Crippen molar-refractivity contribution in [2.24, 2.45) is 0 Å². The summed E-state index contributed by atoms with van der Waals surface area (Å²) in [6, 6.07) is 4.21. The first-order chi connectivity index (χ1) is 15.8. The molecule has 0 bridgehead atoms. The van der Waals surface area contributed by atoms with Gasteiger partial charge in [-0.2, -0.15) is 26.3 Å². The fourth-order valence-electron chi connectivity index (χ4n) is 3.68. The van der Waals surface area contributed by atoms with E-state index >= 15 is 0 Å². The van der Waals surface area contributed by atoms with Crippen molar-refractivity contribution in [3.05, 3.63) is 57.6 Å². The van der Waals surface area contributed by atoms with Crippen LogP contribution in [0.3, 0.4) is 0 Å². The van der Waals surface area contributed by atoms with Crippen molar-refractivity contribution in [3.63, 3.8) is 0 Å². The van der Waals surface area contributed by atoms with Crippen LogP contribution in [0.1, 0.15) is 39.9 Å². The van der Waals surface area contributed by atoms with Crippen LogP contribution in [0, 0.1) is 6.92 Å². The van der Waals surface area contributed by atoms with Gasteiger partial charge in [-0.15, -0.1) is 0 Å². The Labute approximate surface area is 199 Å². The number of carbonyl (C=O) groups excluding carboxylic acids is 1. The summed E-state index contributed by atoms with van der Waals surface area (Å²) in [6.07, 6.45) is -9.27. The van der Waals surface area contributed by atoms with E-state index in [1.165, 1.54) is 0 Å². The van der Waals surface area contributed by atoms with Crippen LogP contribution in [0.4, 0.5) is 31.5 Å². The lowest BCUT2D eigenvalue weighted by Crippen LogP contribution is -2.37. The highest BCUT2D eigenvalue weighted by Crippen LogP contribution is 2.39. The molecule has 0 saturated carbocycles. The molecule has 0 spiro atoms. The number of carbonyl (C=O) groups is 1. The van der Waals surface area contributed by atoms with Crippen molar-refractivity contribution in [1.29, 1.82) is 0 Å². The predicted octanol–water partition coefficient (Wildman–Crippen LogP) is 7.12. The van der Waals surface area contributed by atoms with Crippen LogP contribution in [0.25, 0.3) is 10.2 Å². The molecule has 4 rings (SSSR count). The lowest BCUT2D eigenvalue weighted by molar-refractivity contribution is -0.143. The topological polar surface area (TPSA) is 42.4 Å². The molecule has 1 aromatic heterocycles. The molecule has 4 nitrogen and oxygen atoms in total. The normalized spacial score (nSPS) is 16.9. The molecule has 2 heterocycles. The first-order valence-corrected chi connectivity index (χ1v) is 11.3. The van der Waals surface area contributed by atoms with Gasteiger partial charge < -0.3 is 4.74 Å². The number of nitrogens with zero attached hydrogens (tertiary/aromatic N) is 2. The molecule has 1 aliphatic heterocycles. The Kier molecular flexibility index (Phi) is 6.56. The van der Waals surface area contributed by atoms with Crippen LogP contribution in [-0.2, 0) is 17.1 Å². The summed E-state index contributed by atoms with van der Waals surface area (Å²) in [5, 5.41) is 0.477. The molecule has 1 atom stereocenters. The number of thiazole rings is 1. The molecule has 1 amide bonds. The van der Waals surface area contributed by atoms with E-state index in [-0.39, 0.29) is 17.7 Å². The number of aromatic nitrogens is 1. The third-order valence-electron chi connectivity index (χ3n) is 5.41. The zero-order valence-corrected chi connectivity index (χ0v) is 19.1. The van der Waals surface area contributed by atoms with Crippen molar-refractivity contribution < 1.29 is 35.9 Å². The van der Waals surface area contributed by atoms with Crippen molar-refractivity contribution in [1.82, 2.24) is 4.98 Å². The summed E-state index contributed by atoms with van der Waals surface area (Å²) in [7, 11) is 0. The van der Waals surface area contributed by atoms with E-state index in [1.54, 1.807) is 19.1 Å². The van der Waals surface area contributed by atoms with Gasteiger partial charge in [-0.3, -0.25) is 9.69 Å². The average Bonchev–Trinajstić information content (AvgIpc) is 3.43. The molecular weight excluding hydrogens is 506 g/mol. The predicted molar refractivity (Wildman–Crippen MR) is 116 cm³/mol. The minimum absolute atomic E-state index is 0.0119. The summed E-state index contributed by atoms with van der Waals surface area (Å²) in [6.45, 7) is 2.14. The lowest BCUT2D eigenvalue weighted by Gasteiger charge is -2.24. The zero-order chi connectivity index (χ0) is 24.8. The fourth-order valence-corrected chi connectivity index (χ4v) is 5.00. The van der Waals surface area contributed by atoms with Gasteiger partial charge in [0.2, 0.25) is 0 Å². The molecule has 1 unspecified atom stereocenters. The summed E-state index contributed by atoms with van der Waals surface area (Å²) in [4.78, 5) is 18.9. The number of amides is 1. The average molecular weight is 523 g/mol. The molecule has 0 aliphatic carbocycles. The van der Waals surface area contributed by atoms with E-state index in [9.17, 15) is 31.1 Å². The molecule has 34 heavy (non-hydrogen) atoms. The molecule has 0 radical (unpaired) electrons. The molecule has 1 saturated heterocycles. The van der Waals surface area contributed by atoms with Gasteiger partial charge in [-0.25, -0.2) is 4.98 Å². The van der Waals surface area contributed by atoms with Crippen LogP contribution >= 0.6 is 22.9 Å². The summed E-state index contributed by atoms with van der Waals surface area (Å²) in [5.41, 5.74) is -2.62. The second-order valence-electron chi connectivity index (χ2n) is 7.88. The maximum Gasteiger partial charge on any atom is 0.416 e. The standard InChI is InChI=1S/C22H17ClF6N2O2S/c1-11-4-5-16(23)18-17(11)30-20(34-18)31(10-15-3-2-6-33-15)19(32)12-7-13(21(24,25)26)9-14(8-12)22(27,28)29/h4-5,7-9,15H,2-3,6,10H2,1H3. The first-order valence-electron chi connectivity index (χ1n) is 10.1. The van der Waals surface area contributed by atoms with E-state index < -0.39 is 41.1 Å². The van der Waals surface area contributed by atoms with Crippen LogP contribution in [0.2, 0.25) is 5.02 Å². The molecule has 3 aromatic rings. The van der Waals surface area contributed by atoms with Gasteiger partial charge in [0.15, 0.2) is 5.13 Å². The van der Waals surface area contributed by atoms with Gasteiger partial charge in [0.25, 0.3) is 5.91 Å². The van der Waals surface area contributed by atoms with Gasteiger partial charge in [0.1, 0.15) is 0 Å². The zero-order valence-electron chi connectivity index (χ0n) is 17.6. The summed E-state index contributed by atoms with van der Waals surface area (Å²) >= 11 is 7.28. The minimum Gasteiger partial charge on any atom is -0.376 e. The number of benzene rings is 2. The largest absolute Gasteiger partial charge is 0.416 e. The van der Waals surface area contributed by atoms with Crippen molar-refractivity contribution in [2.45, 2.75) is 38.2 Å². The van der Waals surface area contributed by atoms with Crippen LogP contribution in [0.15, 0.2) is 30.3 Å². The number of ether oxygens (including phenoxy) is 1. The molecule has 1 fully saturated rings. The SMILES string of the molecule is Cc1ccc(Cl)c2sc(N(CC3CCCO3)C(=O)c3cc(C(F)(F)F)cc(C(F)(F)F)c3)nc12. The van der Waals surface area contributed by atoms with Gasteiger partial charge in [-0.1, -0.05) is 29.0 Å². The van der Waals surface area contributed by atoms with Gasteiger partial charge in [-0.05, 0) is 49.6 Å². The lowest BCUT2D eigenvalue weighted by atomic mass is 10.0. The Hall–Kier alpha value is -2.37. The Morgan fingerprint density at radius 2 is 1.79 bits per heavy atom. The van der Waals surface area contributed by atoms with Crippen molar-refractivity contribution >= 4 is 44.2 Å². The minimum atomic E-state index is -5.07. The number of anilines is 1. The Morgan fingerprint density at radius 1 is 1.15 bits per heavy atom. The molecule has 182 valence electrons. The van der Waals surface area contributed by atoms with E-state index in [4.69, 9.17) is 16.3 Å². The Balaban J connectivity index is 1.83. The molecule has 12 heteroatoms. The van der Waals surface area contributed by atoms with E-state index in [0.29, 0.717) is 40.4 Å². The van der Waals surface area contributed by atoms with Crippen LogP contribution in [0.5, 0.6) is 0 Å². The first kappa shape index (κ1) is 24.7. The highest BCUT2D eigenvalue weighted by atomic mass is 35.5. The summed E-state index contributed by atoms with van der Waals surface area (Å²) < 4.78 is 86.2. The Bertz CT molecular complexity index is 1160. The summed E-state index contributed by atoms with van der Waals surface area (Å²) in [5.74, 6) is -1.04. The number of rotatable bonds is 4. The number of hydrogen-bond acceptors (Lipinski definition) is 4. The van der Waals surface area contributed by atoms with Crippen LogP contribution in [-0.4, -0.2) is 30.1 Å². The highest BCUT2D eigenvalue weighted by molar-refractivity contribution is 7.23. The van der Waals surface area contributed by atoms with E-state index in [2.05, 4.69) is 4.98 Å². The second kappa shape index (κ2) is 9.01. The smallest absolute Gasteiger partial charge is 0.376 e. The van der Waals surface area contributed by atoms with Gasteiger partial charge in [0, 0.05) is 12.2 Å². The third kappa shape index (κ3) is 5.01. The van der Waals surface area contributed by atoms with Crippen molar-refractivity contribution in [3.8, 4) is 0 Å². The fraction of sp³-hybridized carbons (Fsp3) is 0.364. The Morgan fingerprint density at radius 3 is 2.32 bits per heavy atom. The number of aryl methyl sites for hydroxylation is 1. The number of alkyl halides is 6. The molecule has 1 aliphatic rings. The van der Waals surface area contributed by atoms with Crippen LogP contribution < -0.4 is 4.90 Å². The quantitative estimate of drug-likeness (QED) is 0.343.